The van der Waals surface area contributed by atoms with Gasteiger partial charge in [-0.2, -0.15) is 0 Å². The molecule has 0 aromatic heterocycles. The second-order valence-corrected chi connectivity index (χ2v) is 6.55. The summed E-state index contributed by atoms with van der Waals surface area (Å²) in [5, 5.41) is 4.19. The molecule has 0 aliphatic rings. The average molecular weight is 384 g/mol. The fourth-order valence-electron chi connectivity index (χ4n) is 2.37. The minimum absolute atomic E-state index is 0. The molecule has 25 heavy (non-hydrogen) atoms. The lowest BCUT2D eigenvalue weighted by Crippen LogP contribution is -2.19. The minimum Gasteiger partial charge on any atom is -0.490 e. The molecule has 0 bridgehead atoms. The van der Waals surface area contributed by atoms with E-state index < -0.39 is 0 Å². The van der Waals surface area contributed by atoms with Crippen molar-refractivity contribution >= 4 is 24.0 Å². The Morgan fingerprint density at radius 1 is 1.04 bits per heavy atom. The molecule has 0 unspecified atom stereocenters. The van der Waals surface area contributed by atoms with Gasteiger partial charge >= 0.3 is 0 Å². The molecule has 0 saturated heterocycles. The number of halogens is 2. The summed E-state index contributed by atoms with van der Waals surface area (Å²) in [4.78, 5) is 0. The molecule has 0 spiro atoms. The first-order valence-corrected chi connectivity index (χ1v) is 8.80. The number of rotatable bonds is 9. The van der Waals surface area contributed by atoms with Crippen molar-refractivity contribution in [3.05, 3.63) is 58.6 Å². The summed E-state index contributed by atoms with van der Waals surface area (Å²) in [5.74, 6) is 2.21. The Bertz CT molecular complexity index is 630. The summed E-state index contributed by atoms with van der Waals surface area (Å²) < 4.78 is 11.8. The Morgan fingerprint density at radius 2 is 1.76 bits per heavy atom. The average Bonchev–Trinajstić information content (AvgIpc) is 2.55. The van der Waals surface area contributed by atoms with E-state index >= 15 is 0 Å². The Balaban J connectivity index is 0.00000312. The molecule has 2 rings (SSSR count). The molecule has 0 heterocycles. The fourth-order valence-corrected chi connectivity index (χ4v) is 2.49. The molecular weight excluding hydrogens is 357 g/mol. The summed E-state index contributed by atoms with van der Waals surface area (Å²) in [5.41, 5.74) is 2.18. The molecule has 138 valence electrons. The lowest BCUT2D eigenvalue weighted by atomic mass is 10.1. The van der Waals surface area contributed by atoms with Crippen molar-refractivity contribution in [1.82, 2.24) is 5.32 Å². The van der Waals surface area contributed by atoms with Gasteiger partial charge in [-0.15, -0.1) is 12.4 Å². The Morgan fingerprint density at radius 3 is 2.40 bits per heavy atom. The third kappa shape index (κ3) is 7.15. The van der Waals surface area contributed by atoms with Crippen molar-refractivity contribution in [3.63, 3.8) is 0 Å². The molecule has 2 aromatic rings. The predicted molar refractivity (Wildman–Crippen MR) is 107 cm³/mol. The number of benzene rings is 2. The van der Waals surface area contributed by atoms with Crippen molar-refractivity contribution in [3.8, 4) is 11.5 Å². The van der Waals surface area contributed by atoms with E-state index in [1.54, 1.807) is 0 Å². The number of hydrogen-bond acceptors (Lipinski definition) is 3. The Labute approximate surface area is 162 Å². The molecule has 0 amide bonds. The maximum atomic E-state index is 6.10. The molecule has 1 N–H and O–H groups in total. The van der Waals surface area contributed by atoms with Crippen LogP contribution in [-0.4, -0.2) is 13.2 Å². The third-order valence-electron chi connectivity index (χ3n) is 3.52. The molecule has 0 atom stereocenters. The van der Waals surface area contributed by atoms with Crippen molar-refractivity contribution in [2.45, 2.75) is 33.9 Å². The second kappa shape index (κ2) is 11.2. The van der Waals surface area contributed by atoms with E-state index in [1.807, 2.05) is 43.3 Å². The van der Waals surface area contributed by atoms with Crippen LogP contribution in [0.15, 0.2) is 42.5 Å². The maximum Gasteiger partial charge on any atom is 0.166 e. The molecule has 0 fully saturated rings. The maximum absolute atomic E-state index is 6.10. The van der Waals surface area contributed by atoms with Gasteiger partial charge in [0, 0.05) is 17.1 Å². The van der Waals surface area contributed by atoms with Crippen molar-refractivity contribution < 1.29 is 9.47 Å². The number of nitrogens with one attached hydrogen (secondary N) is 1. The zero-order valence-electron chi connectivity index (χ0n) is 15.0. The van der Waals surface area contributed by atoms with E-state index in [1.165, 1.54) is 0 Å². The summed E-state index contributed by atoms with van der Waals surface area (Å²) in [6.45, 7) is 9.19. The molecular formula is C20H27Cl2NO2. The third-order valence-corrected chi connectivity index (χ3v) is 3.78. The van der Waals surface area contributed by atoms with Gasteiger partial charge in [0.25, 0.3) is 0 Å². The van der Waals surface area contributed by atoms with Crippen molar-refractivity contribution in [2.75, 3.05) is 13.2 Å². The lowest BCUT2D eigenvalue weighted by molar-refractivity contribution is 0.266. The first-order chi connectivity index (χ1) is 11.6. The van der Waals surface area contributed by atoms with E-state index in [0.29, 0.717) is 19.1 Å². The normalized spacial score (nSPS) is 10.4. The summed E-state index contributed by atoms with van der Waals surface area (Å²) >= 11 is 5.93. The zero-order chi connectivity index (χ0) is 17.4. The Hall–Kier alpha value is -1.42. The van der Waals surface area contributed by atoms with Crippen LogP contribution in [0, 0.1) is 5.92 Å². The van der Waals surface area contributed by atoms with Gasteiger partial charge < -0.3 is 14.8 Å². The topological polar surface area (TPSA) is 30.5 Å². The van der Waals surface area contributed by atoms with Gasteiger partial charge in [-0.1, -0.05) is 49.7 Å². The fraction of sp³-hybridized carbons (Fsp3) is 0.400. The van der Waals surface area contributed by atoms with Gasteiger partial charge in [0.05, 0.1) is 6.61 Å². The quantitative estimate of drug-likeness (QED) is 0.621. The number of hydrogen-bond donors (Lipinski definition) is 1. The van der Waals surface area contributed by atoms with Crippen LogP contribution in [0.4, 0.5) is 0 Å². The first-order valence-electron chi connectivity index (χ1n) is 8.42. The van der Waals surface area contributed by atoms with Crippen LogP contribution in [0.2, 0.25) is 5.02 Å². The highest BCUT2D eigenvalue weighted by Crippen LogP contribution is 2.32. The lowest BCUT2D eigenvalue weighted by Gasteiger charge is -2.17. The standard InChI is InChI=1S/C20H26ClNO2.ClH/c1-4-23-19-7-5-6-17(13-22-12-15(2)3)20(19)24-14-16-8-10-18(21)11-9-16;/h5-11,15,22H,4,12-14H2,1-3H3;1H. The largest absolute Gasteiger partial charge is 0.490 e. The highest BCUT2D eigenvalue weighted by atomic mass is 35.5. The van der Waals surface area contributed by atoms with Crippen molar-refractivity contribution in [2.24, 2.45) is 5.92 Å². The molecule has 2 aromatic carbocycles. The molecule has 0 aliphatic carbocycles. The second-order valence-electron chi connectivity index (χ2n) is 6.12. The van der Waals surface area contributed by atoms with Crippen LogP contribution in [0.5, 0.6) is 11.5 Å². The van der Waals surface area contributed by atoms with Crippen LogP contribution in [0.1, 0.15) is 31.9 Å². The molecule has 3 nitrogen and oxygen atoms in total. The van der Waals surface area contributed by atoms with Crippen LogP contribution in [0.3, 0.4) is 0 Å². The zero-order valence-corrected chi connectivity index (χ0v) is 16.6. The first kappa shape index (κ1) is 21.6. The van der Waals surface area contributed by atoms with E-state index in [2.05, 4.69) is 25.2 Å². The molecule has 0 aliphatic heterocycles. The molecule has 0 radical (unpaired) electrons. The highest BCUT2D eigenvalue weighted by Gasteiger charge is 2.11. The SMILES string of the molecule is CCOc1cccc(CNCC(C)C)c1OCc1ccc(Cl)cc1.Cl. The summed E-state index contributed by atoms with van der Waals surface area (Å²) in [6, 6.07) is 13.7. The van der Waals surface area contributed by atoms with Gasteiger partial charge in [0.1, 0.15) is 6.61 Å². The van der Waals surface area contributed by atoms with Gasteiger partial charge in [-0.3, -0.25) is 0 Å². The van der Waals surface area contributed by atoms with Gasteiger partial charge in [0.2, 0.25) is 0 Å². The van der Waals surface area contributed by atoms with Crippen molar-refractivity contribution in [1.29, 1.82) is 0 Å². The smallest absolute Gasteiger partial charge is 0.166 e. The number of para-hydroxylation sites is 1. The number of ether oxygens (including phenoxy) is 2. The van der Waals surface area contributed by atoms with Gasteiger partial charge in [0.15, 0.2) is 11.5 Å². The van der Waals surface area contributed by atoms with Crippen LogP contribution in [0.25, 0.3) is 0 Å². The monoisotopic (exact) mass is 383 g/mol. The molecule has 0 saturated carbocycles. The summed E-state index contributed by atoms with van der Waals surface area (Å²) in [6.07, 6.45) is 0. The van der Waals surface area contributed by atoms with E-state index in [9.17, 15) is 0 Å². The summed E-state index contributed by atoms with van der Waals surface area (Å²) in [7, 11) is 0. The van der Waals surface area contributed by atoms with Crippen LogP contribution >= 0.6 is 24.0 Å². The van der Waals surface area contributed by atoms with E-state index in [4.69, 9.17) is 21.1 Å². The molecule has 5 heteroatoms. The highest BCUT2D eigenvalue weighted by molar-refractivity contribution is 6.30. The van der Waals surface area contributed by atoms with Gasteiger partial charge in [-0.05, 0) is 43.1 Å². The van der Waals surface area contributed by atoms with Crippen LogP contribution in [-0.2, 0) is 13.2 Å². The van der Waals surface area contributed by atoms with E-state index in [-0.39, 0.29) is 12.4 Å². The minimum atomic E-state index is 0. The van der Waals surface area contributed by atoms with Crippen LogP contribution < -0.4 is 14.8 Å². The predicted octanol–water partition coefficient (Wildman–Crippen LogP) is 5.49. The van der Waals surface area contributed by atoms with E-state index in [0.717, 1.165) is 40.7 Å². The van der Waals surface area contributed by atoms with Gasteiger partial charge in [-0.25, -0.2) is 0 Å². The Kier molecular flexibility index (Phi) is 9.73.